The first kappa shape index (κ1) is 28.9. The Morgan fingerprint density at radius 2 is 0.879 bits per heavy atom. The molecule has 0 amide bonds. The van der Waals surface area contributed by atoms with Crippen LogP contribution >= 0.6 is 0 Å². The molecule has 190 valence electrons. The fourth-order valence-electron chi connectivity index (χ4n) is 2.21. The van der Waals surface area contributed by atoms with Crippen LogP contribution in [0.5, 0.6) is 0 Å². The van der Waals surface area contributed by atoms with Crippen LogP contribution in [0.1, 0.15) is 12.5 Å². The van der Waals surface area contributed by atoms with E-state index in [0.29, 0.717) is 6.08 Å². The molecule has 0 aliphatic carbocycles. The maximum atomic E-state index is 14.1. The number of alkyl halides is 15. The summed E-state index contributed by atoms with van der Waals surface area (Å²) in [5.41, 5.74) is -4.68. The summed E-state index contributed by atoms with van der Waals surface area (Å²) in [6.07, 6.45) is -7.60. The van der Waals surface area contributed by atoms with Crippen molar-refractivity contribution in [3.8, 4) is 0 Å². The van der Waals surface area contributed by atoms with Gasteiger partial charge in [0.25, 0.3) is 0 Å². The van der Waals surface area contributed by atoms with Crippen LogP contribution in [0.4, 0.5) is 65.9 Å². The lowest BCUT2D eigenvalue weighted by Gasteiger charge is -2.44. The summed E-state index contributed by atoms with van der Waals surface area (Å²) in [6.45, 7) is -0.350. The van der Waals surface area contributed by atoms with Crippen LogP contribution in [-0.2, 0) is 0 Å². The minimum Gasteiger partial charge on any atom is -0.379 e. The molecule has 1 aromatic rings. The van der Waals surface area contributed by atoms with E-state index in [0.717, 1.165) is 12.1 Å². The molecule has 0 aromatic heterocycles. The second kappa shape index (κ2) is 7.98. The van der Waals surface area contributed by atoms with Crippen LogP contribution in [0.15, 0.2) is 36.4 Å². The van der Waals surface area contributed by atoms with Crippen LogP contribution in [0.3, 0.4) is 0 Å². The molecule has 0 heterocycles. The highest BCUT2D eigenvalue weighted by molar-refractivity contribution is 5.50. The Bertz CT molecular complexity index is 853. The molecule has 0 aliphatic rings. The molecule has 0 fully saturated rings. The topological polar surface area (TPSA) is 20.2 Å². The molecule has 33 heavy (non-hydrogen) atoms. The van der Waals surface area contributed by atoms with Crippen LogP contribution < -0.4 is 0 Å². The van der Waals surface area contributed by atoms with Crippen molar-refractivity contribution < 1.29 is 71.0 Å². The first-order valence-electron chi connectivity index (χ1n) is 8.13. The van der Waals surface area contributed by atoms with Crippen molar-refractivity contribution in [1.82, 2.24) is 0 Å². The van der Waals surface area contributed by atoms with E-state index in [1.807, 2.05) is 0 Å². The maximum Gasteiger partial charge on any atom is 0.460 e. The number of rotatable bonds is 8. The highest BCUT2D eigenvalue weighted by Crippen LogP contribution is 2.63. The Morgan fingerprint density at radius 3 is 1.24 bits per heavy atom. The van der Waals surface area contributed by atoms with Gasteiger partial charge in [-0.25, -0.2) is 0 Å². The highest BCUT2D eigenvalue weighted by atomic mass is 19.4. The number of halogens is 15. The summed E-state index contributed by atoms with van der Waals surface area (Å²) in [6, 6.07) is 6.01. The van der Waals surface area contributed by atoms with Crippen LogP contribution in [0.25, 0.3) is 6.08 Å². The Kier molecular flexibility index (Phi) is 6.99. The standard InChI is InChI=1S/C17H11F15O/c1-10(33,8-7-9-5-3-2-4-6-9)11(18,19)12(20,21)13(22,23)14(24,25)15(26,27)16(28,29)17(30,31)32/h2-8,33H,1H3. The summed E-state index contributed by atoms with van der Waals surface area (Å²) in [5.74, 6) is -47.6. The van der Waals surface area contributed by atoms with E-state index in [4.69, 9.17) is 0 Å². The van der Waals surface area contributed by atoms with E-state index in [9.17, 15) is 71.0 Å². The van der Waals surface area contributed by atoms with Crippen molar-refractivity contribution >= 4 is 6.08 Å². The summed E-state index contributed by atoms with van der Waals surface area (Å²) in [5, 5.41) is 9.55. The Labute approximate surface area is 174 Å². The molecule has 0 aliphatic heterocycles. The van der Waals surface area contributed by atoms with Crippen LogP contribution in [0.2, 0.25) is 0 Å². The second-order valence-corrected chi connectivity index (χ2v) is 6.84. The first-order valence-corrected chi connectivity index (χ1v) is 8.13. The van der Waals surface area contributed by atoms with Gasteiger partial charge in [-0.05, 0) is 18.6 Å². The molecule has 1 nitrogen and oxygen atoms in total. The zero-order valence-electron chi connectivity index (χ0n) is 15.7. The Morgan fingerprint density at radius 1 is 0.545 bits per heavy atom. The van der Waals surface area contributed by atoms with E-state index in [1.54, 1.807) is 0 Å². The molecular formula is C17H11F15O. The molecule has 1 rings (SSSR count). The van der Waals surface area contributed by atoms with Gasteiger partial charge in [0.15, 0.2) is 5.60 Å². The summed E-state index contributed by atoms with van der Waals surface area (Å²) in [4.78, 5) is 0. The van der Waals surface area contributed by atoms with E-state index in [-0.39, 0.29) is 18.6 Å². The number of benzene rings is 1. The molecule has 0 bridgehead atoms. The summed E-state index contributed by atoms with van der Waals surface area (Å²) in [7, 11) is 0. The van der Waals surface area contributed by atoms with Gasteiger partial charge in [-0.3, -0.25) is 0 Å². The molecule has 1 unspecified atom stereocenters. The Balaban J connectivity index is 3.58. The van der Waals surface area contributed by atoms with Gasteiger partial charge in [0.05, 0.1) is 0 Å². The first-order chi connectivity index (χ1) is 14.3. The lowest BCUT2D eigenvalue weighted by atomic mass is 9.84. The normalized spacial score (nSPS) is 17.4. The van der Waals surface area contributed by atoms with Crippen LogP contribution in [-0.4, -0.2) is 52.4 Å². The number of aliphatic hydroxyl groups is 1. The zero-order valence-corrected chi connectivity index (χ0v) is 15.7. The largest absolute Gasteiger partial charge is 0.460 e. The van der Waals surface area contributed by atoms with Crippen LogP contribution in [0, 0.1) is 0 Å². The van der Waals surface area contributed by atoms with Gasteiger partial charge in [-0.15, -0.1) is 0 Å². The van der Waals surface area contributed by atoms with Crippen molar-refractivity contribution in [2.75, 3.05) is 0 Å². The Hall–Kier alpha value is -2.13. The van der Waals surface area contributed by atoms with E-state index < -0.39 is 47.3 Å². The van der Waals surface area contributed by atoms with Crippen molar-refractivity contribution in [2.45, 2.75) is 54.2 Å². The lowest BCUT2D eigenvalue weighted by Crippen LogP contribution is -2.74. The quantitative estimate of drug-likeness (QED) is 0.376. The molecule has 1 aromatic carbocycles. The lowest BCUT2D eigenvalue weighted by molar-refractivity contribution is -0.457. The molecular weight excluding hydrogens is 505 g/mol. The molecule has 1 N–H and O–H groups in total. The molecule has 0 radical (unpaired) electrons. The average molecular weight is 516 g/mol. The van der Waals surface area contributed by atoms with Gasteiger partial charge in [0.1, 0.15) is 0 Å². The van der Waals surface area contributed by atoms with E-state index in [1.165, 1.54) is 18.2 Å². The van der Waals surface area contributed by atoms with Gasteiger partial charge in [-0.2, -0.15) is 65.9 Å². The van der Waals surface area contributed by atoms with E-state index in [2.05, 4.69) is 0 Å². The molecule has 0 saturated carbocycles. The summed E-state index contributed by atoms with van der Waals surface area (Å²) < 4.78 is 198. The maximum absolute atomic E-state index is 14.1. The van der Waals surface area contributed by atoms with Crippen molar-refractivity contribution in [1.29, 1.82) is 0 Å². The molecule has 1 atom stereocenters. The van der Waals surface area contributed by atoms with E-state index >= 15 is 0 Å². The summed E-state index contributed by atoms with van der Waals surface area (Å²) >= 11 is 0. The van der Waals surface area contributed by atoms with Gasteiger partial charge in [-0.1, -0.05) is 36.4 Å². The average Bonchev–Trinajstić information content (AvgIpc) is 2.65. The zero-order chi connectivity index (χ0) is 26.5. The van der Waals surface area contributed by atoms with Gasteiger partial charge in [0, 0.05) is 0 Å². The fourth-order valence-corrected chi connectivity index (χ4v) is 2.21. The molecule has 0 saturated heterocycles. The fraction of sp³-hybridized carbons (Fsp3) is 0.529. The van der Waals surface area contributed by atoms with Gasteiger partial charge in [0.2, 0.25) is 0 Å². The highest BCUT2D eigenvalue weighted by Gasteiger charge is 2.94. The number of hydrogen-bond donors (Lipinski definition) is 1. The monoisotopic (exact) mass is 516 g/mol. The third kappa shape index (κ3) is 4.14. The van der Waals surface area contributed by atoms with Crippen molar-refractivity contribution in [2.24, 2.45) is 0 Å². The minimum absolute atomic E-state index is 0.148. The number of hydrogen-bond acceptors (Lipinski definition) is 1. The predicted octanol–water partition coefficient (Wildman–Crippen LogP) is 6.82. The van der Waals surface area contributed by atoms with Gasteiger partial charge >= 0.3 is 41.7 Å². The SMILES string of the molecule is CC(O)(C=Cc1ccccc1)C(F)(F)C(F)(F)C(F)(F)C(F)(F)C(F)(F)C(F)(F)C(F)(F)F. The molecule has 16 heteroatoms. The van der Waals surface area contributed by atoms with Gasteiger partial charge < -0.3 is 5.11 Å². The van der Waals surface area contributed by atoms with Crippen molar-refractivity contribution in [3.63, 3.8) is 0 Å². The smallest absolute Gasteiger partial charge is 0.379 e. The molecule has 0 spiro atoms. The van der Waals surface area contributed by atoms with Crippen molar-refractivity contribution in [3.05, 3.63) is 42.0 Å². The third-order valence-electron chi connectivity index (χ3n) is 4.36. The second-order valence-electron chi connectivity index (χ2n) is 6.84. The third-order valence-corrected chi connectivity index (χ3v) is 4.36. The predicted molar refractivity (Wildman–Crippen MR) is 81.8 cm³/mol. The minimum atomic E-state index is -8.40.